The van der Waals surface area contributed by atoms with Crippen LogP contribution in [0.5, 0.6) is 0 Å². The highest BCUT2D eigenvalue weighted by Crippen LogP contribution is 2.63. The minimum Gasteiger partial charge on any atom is -0.334 e. The Labute approximate surface area is 455 Å². The third-order valence-corrected chi connectivity index (χ3v) is 19.0. The molecule has 1 aliphatic carbocycles. The van der Waals surface area contributed by atoms with Crippen LogP contribution in [0.4, 0.5) is 45.5 Å². The lowest BCUT2D eigenvalue weighted by atomic mass is 9.28. The van der Waals surface area contributed by atoms with Crippen molar-refractivity contribution in [1.82, 2.24) is 0 Å². The molecular weight excluding hydrogens is 930 g/mol. The Morgan fingerprint density at radius 2 is 0.831 bits per heavy atom. The highest BCUT2D eigenvalue weighted by molar-refractivity contribution is 7.01. The topological polar surface area (TPSA) is 9.72 Å². The average molecular weight is 992 g/mol. The summed E-state index contributed by atoms with van der Waals surface area (Å²) in [6, 6.07) is 90.2. The van der Waals surface area contributed by atoms with Gasteiger partial charge in [-0.05, 0) is 152 Å². The van der Waals surface area contributed by atoms with Crippen LogP contribution in [-0.2, 0) is 16.2 Å². The van der Waals surface area contributed by atoms with Crippen molar-refractivity contribution in [3.63, 3.8) is 0 Å². The molecule has 0 saturated heterocycles. The molecule has 10 aromatic rings. The number of benzene rings is 10. The summed E-state index contributed by atoms with van der Waals surface area (Å²) in [6.07, 6.45) is 4.73. The summed E-state index contributed by atoms with van der Waals surface area (Å²) in [5, 5.41) is 0. The van der Waals surface area contributed by atoms with E-state index in [-0.39, 0.29) is 23.1 Å². The highest BCUT2D eigenvalue weighted by atomic mass is 15.3. The van der Waals surface area contributed by atoms with Crippen molar-refractivity contribution in [2.75, 3.05) is 14.7 Å². The number of hydrogen-bond donors (Lipinski definition) is 0. The standard InChI is InChI=1S/C73H62BN3/c1-70(2,3)55-38-43-62-61(46-55)71(4)44-18-19-45-72(71,5)77(62)58-47-65-69-66(48-58)76(57-41-36-52(37-42-57)50-24-12-7-13-25-50)64-33-21-31-60-68(64)74(69)67-59(73(60,53-26-14-8-15-27-53)54-28-16-9-17-29-54)30-20-32-63(67)75(65)56-39-34-51(35-40-56)49-22-10-6-11-23-49/h6-17,20-43,46-48H,18-19,44-45H2,1-5H3. The third-order valence-electron chi connectivity index (χ3n) is 19.0. The van der Waals surface area contributed by atoms with Crippen LogP contribution in [0.15, 0.2) is 237 Å². The van der Waals surface area contributed by atoms with Gasteiger partial charge in [-0.15, -0.1) is 0 Å². The summed E-state index contributed by atoms with van der Waals surface area (Å²) in [6.45, 7) is 12.2. The van der Waals surface area contributed by atoms with Crippen LogP contribution in [0.25, 0.3) is 22.3 Å². The molecular formula is C73H62BN3. The zero-order chi connectivity index (χ0) is 51.8. The fraction of sp³-hybridized carbons (Fsp3) is 0.178. The summed E-state index contributed by atoms with van der Waals surface area (Å²) >= 11 is 0. The first-order valence-corrected chi connectivity index (χ1v) is 28.0. The minimum absolute atomic E-state index is 0.0318. The molecule has 77 heavy (non-hydrogen) atoms. The number of fused-ring (bicyclic) bond motifs is 3. The molecule has 4 heteroatoms. The van der Waals surface area contributed by atoms with Gasteiger partial charge < -0.3 is 14.7 Å². The SMILES string of the molecule is CC(C)(C)c1ccc2c(c1)C1(C)CCCCC1(C)N2c1cc2c3c(c1)N(c1ccc(-c4ccccc4)cc1)c1cccc4c1B3c1c(cccc1C4(c1ccccc1)c1ccccc1)N2c1ccc(-c2ccccc2)cc1. The molecule has 15 rings (SSSR count). The highest BCUT2D eigenvalue weighted by Gasteiger charge is 2.59. The van der Waals surface area contributed by atoms with Crippen molar-refractivity contribution in [3.8, 4) is 22.3 Å². The van der Waals surface area contributed by atoms with Gasteiger partial charge in [-0.25, -0.2) is 0 Å². The van der Waals surface area contributed by atoms with E-state index in [0.717, 1.165) is 24.2 Å². The molecule has 2 unspecified atom stereocenters. The van der Waals surface area contributed by atoms with Crippen LogP contribution in [0.1, 0.15) is 93.7 Å². The first kappa shape index (κ1) is 46.0. The molecule has 1 fully saturated rings. The van der Waals surface area contributed by atoms with Gasteiger partial charge in [-0.2, -0.15) is 0 Å². The lowest BCUT2D eigenvalue weighted by Gasteiger charge is -2.53. The van der Waals surface area contributed by atoms with Crippen LogP contribution in [0, 0.1) is 0 Å². The monoisotopic (exact) mass is 992 g/mol. The molecule has 0 radical (unpaired) electrons. The second kappa shape index (κ2) is 16.8. The zero-order valence-corrected chi connectivity index (χ0v) is 44.8. The number of rotatable bonds is 7. The van der Waals surface area contributed by atoms with E-state index < -0.39 is 5.41 Å². The van der Waals surface area contributed by atoms with Gasteiger partial charge in [0.1, 0.15) is 0 Å². The largest absolute Gasteiger partial charge is 0.334 e. The lowest BCUT2D eigenvalue weighted by Crippen LogP contribution is -2.68. The lowest BCUT2D eigenvalue weighted by molar-refractivity contribution is 0.195. The molecule has 4 aliphatic heterocycles. The van der Waals surface area contributed by atoms with E-state index in [1.54, 1.807) is 0 Å². The van der Waals surface area contributed by atoms with Crippen LogP contribution in [0.3, 0.4) is 0 Å². The van der Waals surface area contributed by atoms with Gasteiger partial charge in [-0.3, -0.25) is 0 Å². The van der Waals surface area contributed by atoms with Crippen LogP contribution in [0.2, 0.25) is 0 Å². The van der Waals surface area contributed by atoms with Crippen LogP contribution < -0.4 is 31.1 Å². The second-order valence-corrected chi connectivity index (χ2v) is 23.9. The molecule has 5 aliphatic rings. The molecule has 0 spiro atoms. The molecule has 4 heterocycles. The van der Waals surface area contributed by atoms with Crippen LogP contribution in [-0.4, -0.2) is 12.3 Å². The van der Waals surface area contributed by atoms with Gasteiger partial charge in [0, 0.05) is 50.9 Å². The van der Waals surface area contributed by atoms with Crippen molar-refractivity contribution in [1.29, 1.82) is 0 Å². The van der Waals surface area contributed by atoms with Crippen molar-refractivity contribution in [2.24, 2.45) is 0 Å². The fourth-order valence-electron chi connectivity index (χ4n) is 15.2. The Kier molecular flexibility index (Phi) is 10.1. The number of hydrogen-bond acceptors (Lipinski definition) is 3. The fourth-order valence-corrected chi connectivity index (χ4v) is 15.2. The Balaban J connectivity index is 1.07. The van der Waals surface area contributed by atoms with Crippen molar-refractivity contribution >= 4 is 68.6 Å². The first-order chi connectivity index (χ1) is 37.6. The van der Waals surface area contributed by atoms with E-state index in [2.05, 4.69) is 286 Å². The number of anilines is 8. The van der Waals surface area contributed by atoms with E-state index in [4.69, 9.17) is 0 Å². The molecule has 2 atom stereocenters. The summed E-state index contributed by atoms with van der Waals surface area (Å²) in [7, 11) is 0. The van der Waals surface area contributed by atoms with E-state index in [0.29, 0.717) is 0 Å². The smallest absolute Gasteiger partial charge is 0.253 e. The van der Waals surface area contributed by atoms with Gasteiger partial charge in [-0.1, -0.05) is 223 Å². The maximum atomic E-state index is 2.81. The molecule has 0 amide bonds. The Morgan fingerprint density at radius 1 is 0.377 bits per heavy atom. The van der Waals surface area contributed by atoms with Gasteiger partial charge in [0.05, 0.1) is 11.0 Å². The van der Waals surface area contributed by atoms with Crippen LogP contribution >= 0.6 is 0 Å². The molecule has 1 saturated carbocycles. The van der Waals surface area contributed by atoms with E-state index in [9.17, 15) is 0 Å². The molecule has 0 aromatic heterocycles. The minimum atomic E-state index is -0.623. The van der Waals surface area contributed by atoms with Gasteiger partial charge >= 0.3 is 0 Å². The predicted molar refractivity (Wildman–Crippen MR) is 325 cm³/mol. The molecule has 0 bridgehead atoms. The Hall–Kier alpha value is -8.34. The summed E-state index contributed by atoms with van der Waals surface area (Å²) < 4.78 is 0. The Morgan fingerprint density at radius 3 is 1.31 bits per heavy atom. The first-order valence-electron chi connectivity index (χ1n) is 28.0. The maximum absolute atomic E-state index is 2.81. The summed E-state index contributed by atoms with van der Waals surface area (Å²) in [5.41, 5.74) is 26.1. The maximum Gasteiger partial charge on any atom is 0.253 e. The Bertz CT molecular complexity index is 3740. The van der Waals surface area contributed by atoms with Crippen molar-refractivity contribution in [3.05, 3.63) is 270 Å². The quantitative estimate of drug-likeness (QED) is 0.147. The predicted octanol–water partition coefficient (Wildman–Crippen LogP) is 16.8. The van der Waals surface area contributed by atoms with Gasteiger partial charge in [0.2, 0.25) is 0 Å². The van der Waals surface area contributed by atoms with E-state index in [1.807, 2.05) is 0 Å². The second-order valence-electron chi connectivity index (χ2n) is 23.9. The average Bonchev–Trinajstić information content (AvgIpc) is 3.92. The normalized spacial score (nSPS) is 19.1. The van der Waals surface area contributed by atoms with E-state index in [1.165, 1.54) is 119 Å². The molecule has 10 aromatic carbocycles. The summed E-state index contributed by atoms with van der Waals surface area (Å²) in [5.74, 6) is 0. The van der Waals surface area contributed by atoms with Crippen molar-refractivity contribution < 1.29 is 0 Å². The molecule has 3 nitrogen and oxygen atoms in total. The van der Waals surface area contributed by atoms with Gasteiger partial charge in [0.15, 0.2) is 0 Å². The van der Waals surface area contributed by atoms with E-state index >= 15 is 0 Å². The summed E-state index contributed by atoms with van der Waals surface area (Å²) in [4.78, 5) is 8.10. The van der Waals surface area contributed by atoms with Crippen molar-refractivity contribution in [2.45, 2.75) is 82.1 Å². The molecule has 0 N–H and O–H groups in total. The molecule has 372 valence electrons. The third kappa shape index (κ3) is 6.45. The number of nitrogens with zero attached hydrogens (tertiary/aromatic N) is 3. The van der Waals surface area contributed by atoms with Gasteiger partial charge in [0.25, 0.3) is 6.71 Å². The zero-order valence-electron chi connectivity index (χ0n) is 44.8.